The Bertz CT molecular complexity index is 1040. The number of morpholine rings is 1. The molecule has 0 saturated carbocycles. The van der Waals surface area contributed by atoms with Crippen molar-refractivity contribution in [3.05, 3.63) is 70.6 Å². The maximum absolute atomic E-state index is 13.1. The standard InChI is InChI=1S/C25H31ClN4O2/c1-18(2)14-20(19-6-8-21(26)9-7-19)15-27-25(31)23-4-3-5-24-28-22(17-30(23)24)16-29-10-12-32-13-11-29/h3-9,17-18,20H,10-16H2,1-2H3,(H,27,31). The van der Waals surface area contributed by atoms with E-state index in [4.69, 9.17) is 21.3 Å². The van der Waals surface area contributed by atoms with Crippen LogP contribution in [0.1, 0.15) is 47.9 Å². The summed E-state index contributed by atoms with van der Waals surface area (Å²) in [5.74, 6) is 0.663. The van der Waals surface area contributed by atoms with Crippen LogP contribution in [0.3, 0.4) is 0 Å². The molecule has 32 heavy (non-hydrogen) atoms. The molecular formula is C25H31ClN4O2. The number of pyridine rings is 1. The van der Waals surface area contributed by atoms with Crippen molar-refractivity contribution in [1.82, 2.24) is 19.6 Å². The lowest BCUT2D eigenvalue weighted by Gasteiger charge is -2.25. The molecule has 3 aromatic rings. The van der Waals surface area contributed by atoms with Gasteiger partial charge in [-0.05, 0) is 42.2 Å². The van der Waals surface area contributed by atoms with E-state index < -0.39 is 0 Å². The van der Waals surface area contributed by atoms with Crippen LogP contribution in [0.2, 0.25) is 5.02 Å². The van der Waals surface area contributed by atoms with E-state index in [1.54, 1.807) is 0 Å². The minimum atomic E-state index is -0.0892. The Morgan fingerprint density at radius 1 is 1.16 bits per heavy atom. The lowest BCUT2D eigenvalue weighted by atomic mass is 9.90. The number of aromatic nitrogens is 2. The number of nitrogens with one attached hydrogen (secondary N) is 1. The fourth-order valence-corrected chi connectivity index (χ4v) is 4.38. The molecule has 0 aliphatic carbocycles. The molecule has 1 aromatic carbocycles. The summed E-state index contributed by atoms with van der Waals surface area (Å²) in [7, 11) is 0. The minimum absolute atomic E-state index is 0.0892. The van der Waals surface area contributed by atoms with Crippen molar-refractivity contribution in [2.24, 2.45) is 5.92 Å². The van der Waals surface area contributed by atoms with Crippen molar-refractivity contribution in [2.75, 3.05) is 32.8 Å². The number of halogens is 1. The molecule has 0 radical (unpaired) electrons. The molecular weight excluding hydrogens is 424 g/mol. The predicted molar refractivity (Wildman–Crippen MR) is 127 cm³/mol. The van der Waals surface area contributed by atoms with E-state index >= 15 is 0 Å². The number of carbonyl (C=O) groups is 1. The van der Waals surface area contributed by atoms with Crippen LogP contribution in [0.25, 0.3) is 5.65 Å². The molecule has 1 aliphatic rings. The zero-order chi connectivity index (χ0) is 22.5. The zero-order valence-corrected chi connectivity index (χ0v) is 19.5. The molecule has 1 aliphatic heterocycles. The lowest BCUT2D eigenvalue weighted by molar-refractivity contribution is 0.0337. The van der Waals surface area contributed by atoms with E-state index in [2.05, 4.69) is 36.2 Å². The first-order valence-electron chi connectivity index (χ1n) is 11.3. The Hall–Kier alpha value is -2.41. The number of fused-ring (bicyclic) bond motifs is 1. The van der Waals surface area contributed by atoms with Crippen molar-refractivity contribution in [2.45, 2.75) is 32.7 Å². The van der Waals surface area contributed by atoms with E-state index in [0.29, 0.717) is 18.2 Å². The number of hydrogen-bond acceptors (Lipinski definition) is 4. The number of carbonyl (C=O) groups excluding carboxylic acids is 1. The van der Waals surface area contributed by atoms with Crippen LogP contribution in [-0.4, -0.2) is 53.0 Å². The van der Waals surface area contributed by atoms with Gasteiger partial charge in [-0.1, -0.05) is 43.6 Å². The number of benzene rings is 1. The zero-order valence-electron chi connectivity index (χ0n) is 18.8. The predicted octanol–water partition coefficient (Wildman–Crippen LogP) is 4.38. The molecule has 7 heteroatoms. The summed E-state index contributed by atoms with van der Waals surface area (Å²) >= 11 is 6.06. The van der Waals surface area contributed by atoms with Gasteiger partial charge in [0.1, 0.15) is 11.3 Å². The third-order valence-electron chi connectivity index (χ3n) is 5.87. The molecule has 1 unspecified atom stereocenters. The second-order valence-electron chi connectivity index (χ2n) is 8.85. The normalized spacial score (nSPS) is 15.9. The fourth-order valence-electron chi connectivity index (χ4n) is 4.26. The van der Waals surface area contributed by atoms with Crippen LogP contribution >= 0.6 is 11.6 Å². The molecule has 3 heterocycles. The van der Waals surface area contributed by atoms with Gasteiger partial charge in [-0.3, -0.25) is 14.1 Å². The highest BCUT2D eigenvalue weighted by Gasteiger charge is 2.18. The first kappa shape index (κ1) is 22.8. The van der Waals surface area contributed by atoms with Crippen molar-refractivity contribution in [3.63, 3.8) is 0 Å². The van der Waals surface area contributed by atoms with Gasteiger partial charge in [-0.25, -0.2) is 4.98 Å². The van der Waals surface area contributed by atoms with E-state index in [0.717, 1.165) is 55.6 Å². The quantitative estimate of drug-likeness (QED) is 0.548. The van der Waals surface area contributed by atoms with Crippen molar-refractivity contribution >= 4 is 23.2 Å². The summed E-state index contributed by atoms with van der Waals surface area (Å²) in [5, 5.41) is 3.88. The second kappa shape index (κ2) is 10.5. The molecule has 6 nitrogen and oxygen atoms in total. The molecule has 1 amide bonds. The number of ether oxygens (including phenoxy) is 1. The first-order valence-corrected chi connectivity index (χ1v) is 11.7. The summed E-state index contributed by atoms with van der Waals surface area (Å²) in [5.41, 5.74) is 3.54. The minimum Gasteiger partial charge on any atom is -0.379 e. The molecule has 4 rings (SSSR count). The van der Waals surface area contributed by atoms with E-state index in [1.807, 2.05) is 40.9 Å². The lowest BCUT2D eigenvalue weighted by Crippen LogP contribution is -2.35. The fraction of sp³-hybridized carbons (Fsp3) is 0.440. The van der Waals surface area contributed by atoms with Crippen LogP contribution in [0.15, 0.2) is 48.7 Å². The topological polar surface area (TPSA) is 58.9 Å². The third-order valence-corrected chi connectivity index (χ3v) is 6.12. The molecule has 1 N–H and O–H groups in total. The smallest absolute Gasteiger partial charge is 0.268 e. The molecule has 170 valence electrons. The molecule has 0 bridgehead atoms. The Balaban J connectivity index is 1.47. The van der Waals surface area contributed by atoms with Gasteiger partial charge in [0.15, 0.2) is 0 Å². The van der Waals surface area contributed by atoms with Crippen LogP contribution in [0.4, 0.5) is 0 Å². The number of rotatable bonds is 8. The van der Waals surface area contributed by atoms with E-state index in [-0.39, 0.29) is 11.8 Å². The van der Waals surface area contributed by atoms with Gasteiger partial charge >= 0.3 is 0 Å². The van der Waals surface area contributed by atoms with Crippen LogP contribution in [-0.2, 0) is 11.3 Å². The highest BCUT2D eigenvalue weighted by molar-refractivity contribution is 6.30. The summed E-state index contributed by atoms with van der Waals surface area (Å²) in [6.07, 6.45) is 2.96. The Morgan fingerprint density at radius 2 is 1.91 bits per heavy atom. The van der Waals surface area contributed by atoms with Crippen molar-refractivity contribution in [1.29, 1.82) is 0 Å². The van der Waals surface area contributed by atoms with E-state index in [1.165, 1.54) is 5.56 Å². The average molecular weight is 455 g/mol. The van der Waals surface area contributed by atoms with Gasteiger partial charge in [0.05, 0.1) is 18.9 Å². The monoisotopic (exact) mass is 454 g/mol. The Kier molecular flexibility index (Phi) is 7.45. The molecule has 1 fully saturated rings. The van der Waals surface area contributed by atoms with E-state index in [9.17, 15) is 4.79 Å². The highest BCUT2D eigenvalue weighted by atomic mass is 35.5. The van der Waals surface area contributed by atoms with Crippen LogP contribution < -0.4 is 5.32 Å². The summed E-state index contributed by atoms with van der Waals surface area (Å²) in [6, 6.07) is 13.6. The second-order valence-corrected chi connectivity index (χ2v) is 9.28. The molecule has 0 spiro atoms. The summed E-state index contributed by atoms with van der Waals surface area (Å²) in [4.78, 5) is 20.2. The largest absolute Gasteiger partial charge is 0.379 e. The van der Waals surface area contributed by atoms with Gasteiger partial charge in [0.2, 0.25) is 0 Å². The van der Waals surface area contributed by atoms with Gasteiger partial charge in [-0.15, -0.1) is 0 Å². The van der Waals surface area contributed by atoms with Gasteiger partial charge in [-0.2, -0.15) is 0 Å². The molecule has 2 aromatic heterocycles. The van der Waals surface area contributed by atoms with Crippen molar-refractivity contribution < 1.29 is 9.53 Å². The Labute approximate surface area is 194 Å². The van der Waals surface area contributed by atoms with Crippen LogP contribution in [0, 0.1) is 5.92 Å². The molecule has 1 atom stereocenters. The van der Waals surface area contributed by atoms with Gasteiger partial charge < -0.3 is 10.1 Å². The number of imidazole rings is 1. The van der Waals surface area contributed by atoms with Crippen molar-refractivity contribution in [3.8, 4) is 0 Å². The number of nitrogens with zero attached hydrogens (tertiary/aromatic N) is 3. The SMILES string of the molecule is CC(C)CC(CNC(=O)c1cccc2nc(CN3CCOCC3)cn12)c1ccc(Cl)cc1. The Morgan fingerprint density at radius 3 is 2.62 bits per heavy atom. The summed E-state index contributed by atoms with van der Waals surface area (Å²) in [6.45, 7) is 9.06. The highest BCUT2D eigenvalue weighted by Crippen LogP contribution is 2.25. The molecule has 1 saturated heterocycles. The maximum atomic E-state index is 13.1. The maximum Gasteiger partial charge on any atom is 0.268 e. The van der Waals surface area contributed by atoms with Gasteiger partial charge in [0, 0.05) is 43.3 Å². The van der Waals surface area contributed by atoms with Gasteiger partial charge in [0.25, 0.3) is 5.91 Å². The van der Waals surface area contributed by atoms with Crippen LogP contribution in [0.5, 0.6) is 0 Å². The number of amides is 1. The average Bonchev–Trinajstić information content (AvgIpc) is 3.20. The summed E-state index contributed by atoms with van der Waals surface area (Å²) < 4.78 is 7.32. The number of hydrogen-bond donors (Lipinski definition) is 1. The third kappa shape index (κ3) is 5.68. The first-order chi connectivity index (χ1) is 15.5.